The van der Waals surface area contributed by atoms with Crippen molar-refractivity contribution in [3.05, 3.63) is 0 Å². The summed E-state index contributed by atoms with van der Waals surface area (Å²) in [5.74, 6) is 0. The molecule has 1 unspecified atom stereocenters. The van der Waals surface area contributed by atoms with E-state index in [4.69, 9.17) is 0 Å². The van der Waals surface area contributed by atoms with Crippen molar-refractivity contribution in [1.29, 1.82) is 0 Å². The van der Waals surface area contributed by atoms with Crippen LogP contribution in [0.1, 0.15) is 20.3 Å². The Balaban J connectivity index is 0. The van der Waals surface area contributed by atoms with E-state index in [0.717, 1.165) is 6.42 Å². The third-order valence-corrected chi connectivity index (χ3v) is 2.12. The van der Waals surface area contributed by atoms with Crippen molar-refractivity contribution in [2.75, 3.05) is 12.7 Å². The van der Waals surface area contributed by atoms with E-state index < -0.39 is 7.60 Å². The van der Waals surface area contributed by atoms with Crippen LogP contribution in [0.25, 0.3) is 0 Å². The first-order chi connectivity index (χ1) is 4.62. The van der Waals surface area contributed by atoms with Gasteiger partial charge in [-0.15, -0.1) is 0 Å². The smallest absolute Gasteiger partial charge is 0.777 e. The third-order valence-electron chi connectivity index (χ3n) is 0.943. The van der Waals surface area contributed by atoms with Gasteiger partial charge in [-0.1, -0.05) is 13.8 Å². The molecule has 0 aliphatic carbocycles. The van der Waals surface area contributed by atoms with Crippen LogP contribution in [-0.4, -0.2) is 12.7 Å². The van der Waals surface area contributed by atoms with E-state index in [9.17, 15) is 9.46 Å². The van der Waals surface area contributed by atoms with Crippen LogP contribution in [0.4, 0.5) is 0 Å². The summed E-state index contributed by atoms with van der Waals surface area (Å²) in [6.45, 7) is 4.03. The molecule has 0 saturated heterocycles. The zero-order valence-electron chi connectivity index (χ0n) is 7.29. The molecule has 0 radical (unpaired) electrons. The van der Waals surface area contributed by atoms with Crippen molar-refractivity contribution >= 4 is 7.60 Å². The van der Waals surface area contributed by atoms with Gasteiger partial charge in [0.25, 0.3) is 0 Å². The molecule has 0 aromatic heterocycles. The minimum Gasteiger partial charge on any atom is -0.777 e. The second-order valence-electron chi connectivity index (χ2n) is 1.91. The second kappa shape index (κ2) is 7.74. The Morgan fingerprint density at radius 2 is 2.09 bits per heavy atom. The molecule has 0 bridgehead atoms. The Labute approximate surface area is 89.5 Å². The molecule has 0 aromatic rings. The zero-order valence-corrected chi connectivity index (χ0v) is 10.2. The number of hydrogen-bond donors (Lipinski definition) is 1. The van der Waals surface area contributed by atoms with Crippen LogP contribution in [0.3, 0.4) is 0 Å². The molecule has 0 aliphatic heterocycles. The number of nitrogens with one attached hydrogen (secondary N) is 1. The summed E-state index contributed by atoms with van der Waals surface area (Å²) in [6, 6.07) is 0. The van der Waals surface area contributed by atoms with Crippen molar-refractivity contribution in [1.82, 2.24) is 5.48 Å². The summed E-state index contributed by atoms with van der Waals surface area (Å²) in [5, 5.41) is 0. The van der Waals surface area contributed by atoms with Gasteiger partial charge in [0, 0.05) is 12.7 Å². The molecule has 11 heavy (non-hydrogen) atoms. The predicted octanol–water partition coefficient (Wildman–Crippen LogP) is -2.51. The van der Waals surface area contributed by atoms with Gasteiger partial charge in [-0.2, -0.15) is 5.48 Å². The number of rotatable bonds is 5. The van der Waals surface area contributed by atoms with Crippen molar-refractivity contribution in [3.63, 3.8) is 0 Å². The normalized spacial score (nSPS) is 15.2. The van der Waals surface area contributed by atoms with Gasteiger partial charge < -0.3 is 9.46 Å². The van der Waals surface area contributed by atoms with E-state index in [0.29, 0.717) is 6.54 Å². The average molecular weight is 189 g/mol. The maximum absolute atomic E-state index is 10.6. The van der Waals surface area contributed by atoms with E-state index in [1.807, 2.05) is 6.92 Å². The Kier molecular flexibility index (Phi) is 10.3. The Bertz CT molecular complexity index is 133. The second-order valence-corrected chi connectivity index (χ2v) is 3.95. The number of hydroxylamine groups is 1. The van der Waals surface area contributed by atoms with Crippen LogP contribution >= 0.6 is 7.60 Å². The first-order valence-corrected chi connectivity index (χ1v) is 5.06. The predicted molar refractivity (Wildman–Crippen MR) is 37.5 cm³/mol. The fraction of sp³-hybridized carbons (Fsp3) is 1.00. The fourth-order valence-corrected chi connectivity index (χ4v) is 0.728. The maximum atomic E-state index is 10.6. The molecule has 0 rings (SSSR count). The van der Waals surface area contributed by atoms with Crippen molar-refractivity contribution in [2.24, 2.45) is 0 Å². The summed E-state index contributed by atoms with van der Waals surface area (Å²) in [7, 11) is -3.56. The molecular weight excluding hydrogens is 176 g/mol. The van der Waals surface area contributed by atoms with Gasteiger partial charge in [0.1, 0.15) is 0 Å². The van der Waals surface area contributed by atoms with E-state index >= 15 is 0 Å². The van der Waals surface area contributed by atoms with Gasteiger partial charge in [-0.3, -0.25) is 4.62 Å². The van der Waals surface area contributed by atoms with Crippen LogP contribution < -0.4 is 39.9 Å². The molecule has 0 amide bonds. The van der Waals surface area contributed by atoms with Crippen molar-refractivity contribution in [3.8, 4) is 0 Å². The van der Waals surface area contributed by atoms with Gasteiger partial charge in [0.15, 0.2) is 7.60 Å². The van der Waals surface area contributed by atoms with Gasteiger partial charge in [0.05, 0.1) is 0 Å². The summed E-state index contributed by atoms with van der Waals surface area (Å²) in [4.78, 5) is 10.6. The largest absolute Gasteiger partial charge is 1.00 e. The fourth-order valence-electron chi connectivity index (χ4n) is 0.311. The SMILES string of the molecule is CCCNOP(=O)([O-])CC.[Na+]. The molecule has 0 aromatic carbocycles. The zero-order chi connectivity index (χ0) is 8.04. The topological polar surface area (TPSA) is 61.4 Å². The Morgan fingerprint density at radius 1 is 1.55 bits per heavy atom. The van der Waals surface area contributed by atoms with Gasteiger partial charge >= 0.3 is 29.6 Å². The Morgan fingerprint density at radius 3 is 2.45 bits per heavy atom. The van der Waals surface area contributed by atoms with Crippen LogP contribution in [0.5, 0.6) is 0 Å². The third kappa shape index (κ3) is 9.02. The molecule has 0 fully saturated rings. The molecule has 0 spiro atoms. The summed E-state index contributed by atoms with van der Waals surface area (Å²) in [6.07, 6.45) is 0.882. The quantitative estimate of drug-likeness (QED) is 0.225. The molecule has 4 nitrogen and oxygen atoms in total. The summed E-state index contributed by atoms with van der Waals surface area (Å²) < 4.78 is 15.0. The van der Waals surface area contributed by atoms with Crippen molar-refractivity contribution < 1.29 is 43.6 Å². The van der Waals surface area contributed by atoms with E-state index in [2.05, 4.69) is 10.1 Å². The monoisotopic (exact) mass is 189 g/mol. The molecule has 62 valence electrons. The molecule has 0 aliphatic rings. The van der Waals surface area contributed by atoms with Crippen LogP contribution in [0.2, 0.25) is 0 Å². The van der Waals surface area contributed by atoms with E-state index in [-0.39, 0.29) is 35.7 Å². The summed E-state index contributed by atoms with van der Waals surface area (Å²) in [5.41, 5.74) is 2.35. The van der Waals surface area contributed by atoms with Crippen molar-refractivity contribution in [2.45, 2.75) is 20.3 Å². The molecule has 0 saturated carbocycles. The molecular formula is C5H13NNaO3P. The van der Waals surface area contributed by atoms with Crippen LogP contribution in [-0.2, 0) is 9.19 Å². The van der Waals surface area contributed by atoms with E-state index in [1.165, 1.54) is 0 Å². The standard InChI is InChI=1S/C5H14NO3P.Na/c1-3-5-6-9-10(7,8)4-2;/h6H,3-5H2,1-2H3,(H,7,8);/q;+1/p-1. The average Bonchev–Trinajstić information content (AvgIpc) is 1.89. The maximum Gasteiger partial charge on any atom is 1.00 e. The van der Waals surface area contributed by atoms with E-state index in [1.54, 1.807) is 6.92 Å². The Hall–Kier alpha value is 1.11. The van der Waals surface area contributed by atoms with Crippen LogP contribution in [0, 0.1) is 0 Å². The van der Waals surface area contributed by atoms with Crippen LogP contribution in [0.15, 0.2) is 0 Å². The first kappa shape index (κ1) is 14.6. The molecule has 1 atom stereocenters. The molecule has 1 N–H and O–H groups in total. The van der Waals surface area contributed by atoms with Gasteiger partial charge in [-0.25, -0.2) is 0 Å². The summed E-state index contributed by atoms with van der Waals surface area (Å²) >= 11 is 0. The minimum absolute atomic E-state index is 0. The molecule has 6 heteroatoms. The number of hydrogen-bond acceptors (Lipinski definition) is 4. The minimum atomic E-state index is -3.56. The van der Waals surface area contributed by atoms with Gasteiger partial charge in [-0.05, 0) is 6.42 Å². The first-order valence-electron chi connectivity index (χ1n) is 3.34. The van der Waals surface area contributed by atoms with Gasteiger partial charge in [0.2, 0.25) is 0 Å². The molecule has 0 heterocycles.